The van der Waals surface area contributed by atoms with E-state index in [-0.39, 0.29) is 0 Å². The molecule has 0 unspecified atom stereocenters. The van der Waals surface area contributed by atoms with Gasteiger partial charge in [0.15, 0.2) is 0 Å². The van der Waals surface area contributed by atoms with Gasteiger partial charge in [-0.15, -0.1) is 0 Å². The number of aryl methyl sites for hydroxylation is 1. The van der Waals surface area contributed by atoms with Gasteiger partial charge in [-0.25, -0.2) is 9.97 Å². The molecule has 28 heavy (non-hydrogen) atoms. The Morgan fingerprint density at radius 2 is 2.07 bits per heavy atom. The minimum atomic E-state index is 0.308. The lowest BCUT2D eigenvalue weighted by Crippen LogP contribution is -2.23. The summed E-state index contributed by atoms with van der Waals surface area (Å²) >= 11 is 0. The number of hydrogen-bond donors (Lipinski definition) is 1. The van der Waals surface area contributed by atoms with Crippen LogP contribution in [0.2, 0.25) is 0 Å². The molecule has 0 amide bonds. The molecular weight excluding hydrogens is 348 g/mol. The van der Waals surface area contributed by atoms with Gasteiger partial charge in [0.1, 0.15) is 17.6 Å². The van der Waals surface area contributed by atoms with Crippen molar-refractivity contribution in [3.05, 3.63) is 77.5 Å². The zero-order chi connectivity index (χ0) is 19.3. The molecule has 0 bridgehead atoms. The highest BCUT2D eigenvalue weighted by Gasteiger charge is 2.27. The van der Waals surface area contributed by atoms with Crippen LogP contribution in [0.4, 0.5) is 11.5 Å². The zero-order valence-electron chi connectivity index (χ0n) is 15.8. The van der Waals surface area contributed by atoms with E-state index in [4.69, 9.17) is 10.2 Å². The van der Waals surface area contributed by atoms with Gasteiger partial charge < -0.3 is 5.32 Å². The number of nitrogens with zero attached hydrogens (tertiary/aromatic N) is 5. The van der Waals surface area contributed by atoms with E-state index in [1.54, 1.807) is 12.3 Å². The van der Waals surface area contributed by atoms with E-state index in [2.05, 4.69) is 38.4 Å². The molecular formula is C22H22N6. The molecule has 140 valence electrons. The maximum Gasteiger partial charge on any atom is 0.140 e. The largest absolute Gasteiger partial charge is 0.339 e. The van der Waals surface area contributed by atoms with Crippen LogP contribution in [0.5, 0.6) is 0 Å². The third kappa shape index (κ3) is 4.16. The first-order valence-corrected chi connectivity index (χ1v) is 9.47. The van der Waals surface area contributed by atoms with Crippen molar-refractivity contribution in [1.82, 2.24) is 19.9 Å². The lowest BCUT2D eigenvalue weighted by Gasteiger charge is -2.24. The van der Waals surface area contributed by atoms with Crippen LogP contribution in [-0.2, 0) is 6.54 Å². The van der Waals surface area contributed by atoms with Gasteiger partial charge in [-0.2, -0.15) is 5.26 Å². The molecule has 1 atom stereocenters. The third-order valence-electron chi connectivity index (χ3n) is 4.98. The number of pyridine rings is 3. The Hall–Kier alpha value is -3.30. The Labute approximate surface area is 164 Å². The van der Waals surface area contributed by atoms with Gasteiger partial charge in [0.2, 0.25) is 0 Å². The normalized spacial score (nSPS) is 16.6. The maximum atomic E-state index is 8.87. The fraction of sp³-hybridized carbons (Fsp3) is 0.273. The van der Waals surface area contributed by atoms with Crippen LogP contribution in [0.1, 0.15) is 41.5 Å². The minimum absolute atomic E-state index is 0.308. The summed E-state index contributed by atoms with van der Waals surface area (Å²) in [5.41, 5.74) is 4.57. The first-order valence-electron chi connectivity index (χ1n) is 9.47. The van der Waals surface area contributed by atoms with Gasteiger partial charge in [-0.1, -0.05) is 12.1 Å². The van der Waals surface area contributed by atoms with Crippen LogP contribution in [0.25, 0.3) is 0 Å². The van der Waals surface area contributed by atoms with Crippen molar-refractivity contribution in [3.8, 4) is 6.07 Å². The van der Waals surface area contributed by atoms with Gasteiger partial charge in [0.05, 0.1) is 23.6 Å². The van der Waals surface area contributed by atoms with Crippen LogP contribution >= 0.6 is 0 Å². The SMILES string of the molecule is Cc1ccc(CN2CCC[C@@H]2c2cccc(Nc3ccc(C#N)nc3)n2)cn1. The molecule has 0 spiro atoms. The Morgan fingerprint density at radius 1 is 1.14 bits per heavy atom. The average Bonchev–Trinajstić information content (AvgIpc) is 3.19. The number of nitriles is 1. The number of rotatable bonds is 5. The maximum absolute atomic E-state index is 8.87. The van der Waals surface area contributed by atoms with Gasteiger partial charge in [0.25, 0.3) is 0 Å². The second-order valence-corrected chi connectivity index (χ2v) is 7.05. The summed E-state index contributed by atoms with van der Waals surface area (Å²) in [6, 6.07) is 16.2. The summed E-state index contributed by atoms with van der Waals surface area (Å²) in [6.45, 7) is 3.96. The summed E-state index contributed by atoms with van der Waals surface area (Å²) in [7, 11) is 0. The number of hydrogen-bond acceptors (Lipinski definition) is 6. The predicted octanol–water partition coefficient (Wildman–Crippen LogP) is 4.13. The molecule has 4 heterocycles. The molecule has 6 heteroatoms. The highest BCUT2D eigenvalue weighted by atomic mass is 15.2. The van der Waals surface area contributed by atoms with Crippen molar-refractivity contribution in [2.24, 2.45) is 0 Å². The topological polar surface area (TPSA) is 77.7 Å². The summed E-state index contributed by atoms with van der Waals surface area (Å²) in [5, 5.41) is 12.1. The quantitative estimate of drug-likeness (QED) is 0.727. The number of aromatic nitrogens is 3. The Morgan fingerprint density at radius 3 is 2.82 bits per heavy atom. The molecule has 1 saturated heterocycles. The predicted molar refractivity (Wildman–Crippen MR) is 108 cm³/mol. The summed E-state index contributed by atoms with van der Waals surface area (Å²) in [4.78, 5) is 15.8. The van der Waals surface area contributed by atoms with Gasteiger partial charge in [-0.3, -0.25) is 9.88 Å². The lowest BCUT2D eigenvalue weighted by atomic mass is 10.1. The molecule has 0 saturated carbocycles. The first-order chi connectivity index (χ1) is 13.7. The van der Waals surface area contributed by atoms with Crippen LogP contribution in [-0.4, -0.2) is 26.4 Å². The van der Waals surface area contributed by atoms with Crippen molar-refractivity contribution in [3.63, 3.8) is 0 Å². The van der Waals surface area contributed by atoms with Crippen LogP contribution in [0, 0.1) is 18.3 Å². The van der Waals surface area contributed by atoms with E-state index >= 15 is 0 Å². The lowest BCUT2D eigenvalue weighted by molar-refractivity contribution is 0.244. The Bertz CT molecular complexity index is 975. The Balaban J connectivity index is 1.49. The van der Waals surface area contributed by atoms with Crippen molar-refractivity contribution >= 4 is 11.5 Å². The second kappa shape index (κ2) is 8.15. The summed E-state index contributed by atoms with van der Waals surface area (Å²) < 4.78 is 0. The fourth-order valence-corrected chi connectivity index (χ4v) is 3.57. The van der Waals surface area contributed by atoms with E-state index in [9.17, 15) is 0 Å². The molecule has 1 aliphatic rings. The molecule has 0 aromatic carbocycles. The number of likely N-dealkylation sites (tertiary alicyclic amines) is 1. The second-order valence-electron chi connectivity index (χ2n) is 7.05. The molecule has 1 aliphatic heterocycles. The highest BCUT2D eigenvalue weighted by Crippen LogP contribution is 2.32. The Kier molecular flexibility index (Phi) is 5.27. The van der Waals surface area contributed by atoms with Crippen molar-refractivity contribution < 1.29 is 0 Å². The summed E-state index contributed by atoms with van der Waals surface area (Å²) in [6.07, 6.45) is 5.89. The molecule has 1 fully saturated rings. The van der Waals surface area contributed by atoms with Crippen molar-refractivity contribution in [2.45, 2.75) is 32.4 Å². The van der Waals surface area contributed by atoms with E-state index in [0.29, 0.717) is 11.7 Å². The van der Waals surface area contributed by atoms with E-state index in [0.717, 1.165) is 42.4 Å². The van der Waals surface area contributed by atoms with E-state index in [1.807, 2.05) is 37.4 Å². The molecule has 6 nitrogen and oxygen atoms in total. The minimum Gasteiger partial charge on any atom is -0.339 e. The fourth-order valence-electron chi connectivity index (χ4n) is 3.57. The first kappa shape index (κ1) is 18.1. The van der Waals surface area contributed by atoms with Gasteiger partial charge >= 0.3 is 0 Å². The zero-order valence-corrected chi connectivity index (χ0v) is 15.8. The standard InChI is InChI=1S/C22H22N6/c1-16-7-8-17(13-24-16)15-28-11-3-5-21(28)20-4-2-6-22(27-20)26-19-10-9-18(12-23)25-14-19/h2,4,6-10,13-14,21H,3,5,11,15H2,1H3,(H,26,27)/t21-/m1/s1. The average molecular weight is 370 g/mol. The molecule has 4 rings (SSSR count). The molecule has 3 aromatic rings. The third-order valence-corrected chi connectivity index (χ3v) is 4.98. The van der Waals surface area contributed by atoms with E-state index < -0.39 is 0 Å². The molecule has 0 radical (unpaired) electrons. The van der Waals surface area contributed by atoms with Crippen LogP contribution < -0.4 is 5.32 Å². The van der Waals surface area contributed by atoms with E-state index in [1.165, 1.54) is 12.0 Å². The highest BCUT2D eigenvalue weighted by molar-refractivity contribution is 5.55. The van der Waals surface area contributed by atoms with Crippen molar-refractivity contribution in [1.29, 1.82) is 5.26 Å². The van der Waals surface area contributed by atoms with Crippen LogP contribution in [0.15, 0.2) is 54.9 Å². The van der Waals surface area contributed by atoms with Crippen molar-refractivity contribution in [2.75, 3.05) is 11.9 Å². The number of anilines is 2. The van der Waals surface area contributed by atoms with Gasteiger partial charge in [-0.05, 0) is 62.2 Å². The molecule has 3 aromatic heterocycles. The monoisotopic (exact) mass is 370 g/mol. The van der Waals surface area contributed by atoms with Gasteiger partial charge in [0, 0.05) is 18.4 Å². The summed E-state index contributed by atoms with van der Waals surface area (Å²) in [5.74, 6) is 0.785. The molecule has 1 N–H and O–H groups in total. The van der Waals surface area contributed by atoms with Crippen LogP contribution in [0.3, 0.4) is 0 Å². The molecule has 0 aliphatic carbocycles. The smallest absolute Gasteiger partial charge is 0.140 e. The number of nitrogens with one attached hydrogen (secondary N) is 1.